The number of hydrogen-bond acceptors (Lipinski definition) is 5. The molecule has 0 saturated heterocycles. The molecular formula is C11H12ClN3O2. The van der Waals surface area contributed by atoms with Crippen molar-refractivity contribution in [2.75, 3.05) is 20.0 Å². The Bertz CT molecular complexity index is 587. The second-order valence-corrected chi connectivity index (χ2v) is 3.86. The highest BCUT2D eigenvalue weighted by Gasteiger charge is 2.16. The normalized spacial score (nSPS) is 10.6. The smallest absolute Gasteiger partial charge is 0.181 e. The van der Waals surface area contributed by atoms with Crippen molar-refractivity contribution in [2.24, 2.45) is 0 Å². The van der Waals surface area contributed by atoms with E-state index in [1.807, 2.05) is 0 Å². The number of aromatic nitrogens is 2. The van der Waals surface area contributed by atoms with Crippen LogP contribution in [0.25, 0.3) is 10.9 Å². The molecule has 17 heavy (non-hydrogen) atoms. The Labute approximate surface area is 104 Å². The number of ether oxygens (including phenoxy) is 2. The Morgan fingerprint density at radius 1 is 1.24 bits per heavy atom. The van der Waals surface area contributed by atoms with Crippen LogP contribution in [0.4, 0.5) is 5.82 Å². The van der Waals surface area contributed by atoms with E-state index in [-0.39, 0.29) is 0 Å². The zero-order valence-corrected chi connectivity index (χ0v) is 10.5. The maximum Gasteiger partial charge on any atom is 0.181 e. The molecule has 0 aliphatic heterocycles. The molecule has 0 amide bonds. The first-order valence-electron chi connectivity index (χ1n) is 4.92. The van der Waals surface area contributed by atoms with Gasteiger partial charge < -0.3 is 15.2 Å². The van der Waals surface area contributed by atoms with Gasteiger partial charge in [0.25, 0.3) is 0 Å². The molecule has 2 rings (SSSR count). The SMILES string of the molecule is COc1cc2c(N)nc(C)nc2c(Cl)c1OC. The topological polar surface area (TPSA) is 70.3 Å². The first kappa shape index (κ1) is 11.7. The van der Waals surface area contributed by atoms with Crippen LogP contribution in [-0.4, -0.2) is 24.2 Å². The Morgan fingerprint density at radius 3 is 2.53 bits per heavy atom. The third-order valence-electron chi connectivity index (χ3n) is 2.42. The predicted octanol–water partition coefficient (Wildman–Crippen LogP) is 2.19. The third kappa shape index (κ3) is 1.82. The molecule has 0 spiro atoms. The predicted molar refractivity (Wildman–Crippen MR) is 66.8 cm³/mol. The van der Waals surface area contributed by atoms with Crippen molar-refractivity contribution in [1.29, 1.82) is 0 Å². The van der Waals surface area contributed by atoms with E-state index < -0.39 is 0 Å². The second-order valence-electron chi connectivity index (χ2n) is 3.48. The van der Waals surface area contributed by atoms with Gasteiger partial charge in [-0.2, -0.15) is 0 Å². The molecule has 1 aromatic carbocycles. The average Bonchev–Trinajstić information content (AvgIpc) is 2.30. The molecule has 2 N–H and O–H groups in total. The van der Waals surface area contributed by atoms with Gasteiger partial charge in [0.2, 0.25) is 0 Å². The number of anilines is 1. The van der Waals surface area contributed by atoms with Crippen molar-refractivity contribution >= 4 is 28.3 Å². The summed E-state index contributed by atoms with van der Waals surface area (Å²) in [4.78, 5) is 8.35. The van der Waals surface area contributed by atoms with Gasteiger partial charge in [0, 0.05) is 5.39 Å². The largest absolute Gasteiger partial charge is 0.493 e. The maximum atomic E-state index is 6.22. The van der Waals surface area contributed by atoms with E-state index in [1.54, 1.807) is 13.0 Å². The Balaban J connectivity index is 2.90. The molecule has 6 heteroatoms. The van der Waals surface area contributed by atoms with Crippen LogP contribution in [0.15, 0.2) is 6.07 Å². The number of hydrogen-bond donors (Lipinski definition) is 1. The zero-order chi connectivity index (χ0) is 12.6. The standard InChI is InChI=1S/C11H12ClN3O2/c1-5-14-9-6(11(13)15-5)4-7(16-2)10(17-3)8(9)12/h4H,1-3H3,(H2,13,14,15). The molecule has 0 saturated carbocycles. The first-order chi connectivity index (χ1) is 8.08. The molecule has 0 aliphatic carbocycles. The highest BCUT2D eigenvalue weighted by molar-refractivity contribution is 6.37. The molecule has 0 unspecified atom stereocenters. The van der Waals surface area contributed by atoms with Gasteiger partial charge in [-0.05, 0) is 13.0 Å². The third-order valence-corrected chi connectivity index (χ3v) is 2.77. The monoisotopic (exact) mass is 253 g/mol. The number of benzene rings is 1. The molecule has 1 aromatic heterocycles. The van der Waals surface area contributed by atoms with Crippen molar-refractivity contribution in [3.05, 3.63) is 16.9 Å². The molecular weight excluding hydrogens is 242 g/mol. The lowest BCUT2D eigenvalue weighted by Crippen LogP contribution is -2.00. The second kappa shape index (κ2) is 4.25. The molecule has 5 nitrogen and oxygen atoms in total. The lowest BCUT2D eigenvalue weighted by atomic mass is 10.2. The molecule has 2 aromatic rings. The number of rotatable bonds is 2. The van der Waals surface area contributed by atoms with E-state index in [0.717, 1.165) is 0 Å². The molecule has 0 atom stereocenters. The number of fused-ring (bicyclic) bond motifs is 1. The summed E-state index contributed by atoms with van der Waals surface area (Å²) in [6.07, 6.45) is 0. The van der Waals surface area contributed by atoms with E-state index >= 15 is 0 Å². The van der Waals surface area contributed by atoms with Crippen molar-refractivity contribution in [2.45, 2.75) is 6.92 Å². The summed E-state index contributed by atoms with van der Waals surface area (Å²) < 4.78 is 10.4. The highest BCUT2D eigenvalue weighted by atomic mass is 35.5. The zero-order valence-electron chi connectivity index (χ0n) is 9.74. The number of nitrogens with zero attached hydrogens (tertiary/aromatic N) is 2. The summed E-state index contributed by atoms with van der Waals surface area (Å²) in [5, 5.41) is 1.03. The number of methoxy groups -OCH3 is 2. The van der Waals surface area contributed by atoms with Crippen molar-refractivity contribution in [3.63, 3.8) is 0 Å². The highest BCUT2D eigenvalue weighted by Crippen LogP contribution is 2.41. The van der Waals surface area contributed by atoms with Crippen LogP contribution in [0, 0.1) is 6.92 Å². The quantitative estimate of drug-likeness (QED) is 0.888. The van der Waals surface area contributed by atoms with Gasteiger partial charge >= 0.3 is 0 Å². The number of nitrogens with two attached hydrogens (primary N) is 1. The number of nitrogen functional groups attached to an aromatic ring is 1. The lowest BCUT2D eigenvalue weighted by molar-refractivity contribution is 0.356. The minimum atomic E-state index is 0.371. The van der Waals surface area contributed by atoms with E-state index in [0.29, 0.717) is 39.1 Å². The molecule has 0 radical (unpaired) electrons. The van der Waals surface area contributed by atoms with E-state index in [1.165, 1.54) is 14.2 Å². The minimum Gasteiger partial charge on any atom is -0.493 e. The summed E-state index contributed by atoms with van der Waals surface area (Å²) in [5.41, 5.74) is 6.40. The van der Waals surface area contributed by atoms with Gasteiger partial charge in [0.05, 0.1) is 19.7 Å². The Kier molecular flexibility index (Phi) is 2.93. The van der Waals surface area contributed by atoms with Gasteiger partial charge in [-0.3, -0.25) is 0 Å². The van der Waals surface area contributed by atoms with Crippen LogP contribution >= 0.6 is 11.6 Å². The summed E-state index contributed by atoms with van der Waals surface area (Å²) in [6, 6.07) is 1.72. The van der Waals surface area contributed by atoms with Crippen LogP contribution < -0.4 is 15.2 Å². The van der Waals surface area contributed by atoms with E-state index in [4.69, 9.17) is 26.8 Å². The molecule has 0 aliphatic rings. The van der Waals surface area contributed by atoms with E-state index in [2.05, 4.69) is 9.97 Å². The van der Waals surface area contributed by atoms with Gasteiger partial charge in [-0.25, -0.2) is 9.97 Å². The van der Waals surface area contributed by atoms with Gasteiger partial charge in [0.15, 0.2) is 11.5 Å². The molecule has 0 fully saturated rings. The van der Waals surface area contributed by atoms with Crippen molar-refractivity contribution in [1.82, 2.24) is 9.97 Å². The fourth-order valence-electron chi connectivity index (χ4n) is 1.67. The van der Waals surface area contributed by atoms with Gasteiger partial charge in [0.1, 0.15) is 16.7 Å². The maximum absolute atomic E-state index is 6.22. The van der Waals surface area contributed by atoms with Crippen LogP contribution in [0.2, 0.25) is 5.02 Å². The Morgan fingerprint density at radius 2 is 1.94 bits per heavy atom. The van der Waals surface area contributed by atoms with Crippen LogP contribution in [-0.2, 0) is 0 Å². The molecule has 1 heterocycles. The summed E-state index contributed by atoms with van der Waals surface area (Å²) in [5.74, 6) is 1.88. The summed E-state index contributed by atoms with van der Waals surface area (Å²) >= 11 is 6.22. The molecule has 90 valence electrons. The summed E-state index contributed by atoms with van der Waals surface area (Å²) in [7, 11) is 3.05. The number of halogens is 1. The van der Waals surface area contributed by atoms with Crippen LogP contribution in [0.3, 0.4) is 0 Å². The Hall–Kier alpha value is -1.75. The van der Waals surface area contributed by atoms with E-state index in [9.17, 15) is 0 Å². The molecule has 0 bridgehead atoms. The first-order valence-corrected chi connectivity index (χ1v) is 5.30. The summed E-state index contributed by atoms with van der Waals surface area (Å²) in [6.45, 7) is 1.75. The fraction of sp³-hybridized carbons (Fsp3) is 0.273. The van der Waals surface area contributed by atoms with Crippen molar-refractivity contribution < 1.29 is 9.47 Å². The van der Waals surface area contributed by atoms with Crippen molar-refractivity contribution in [3.8, 4) is 11.5 Å². The number of aryl methyl sites for hydroxylation is 1. The lowest BCUT2D eigenvalue weighted by Gasteiger charge is -2.12. The van der Waals surface area contributed by atoms with Crippen LogP contribution in [0.5, 0.6) is 11.5 Å². The average molecular weight is 254 g/mol. The van der Waals surface area contributed by atoms with Gasteiger partial charge in [-0.15, -0.1) is 0 Å². The van der Waals surface area contributed by atoms with Gasteiger partial charge in [-0.1, -0.05) is 11.6 Å². The fourth-order valence-corrected chi connectivity index (χ4v) is 1.98. The van der Waals surface area contributed by atoms with Crippen LogP contribution in [0.1, 0.15) is 5.82 Å². The minimum absolute atomic E-state index is 0.371.